The van der Waals surface area contributed by atoms with E-state index < -0.39 is 5.97 Å². The Balaban J connectivity index is 0.0000101. The van der Waals surface area contributed by atoms with Crippen molar-refractivity contribution in [3.63, 3.8) is 0 Å². The second-order valence-electron chi connectivity index (χ2n) is 21.8. The number of aromatic amines is 2. The predicted octanol–water partition coefficient (Wildman–Crippen LogP) is 12.4. The van der Waals surface area contributed by atoms with Crippen molar-refractivity contribution in [2.45, 2.75) is 165 Å². The number of morpholine rings is 1. The number of methoxy groups -OCH3 is 1. The van der Waals surface area contributed by atoms with Crippen molar-refractivity contribution < 1.29 is 28.6 Å². The number of ether oxygens (including phenoxy) is 3. The van der Waals surface area contributed by atoms with Crippen molar-refractivity contribution in [3.05, 3.63) is 87.0 Å². The van der Waals surface area contributed by atoms with E-state index in [0.29, 0.717) is 72.4 Å². The van der Waals surface area contributed by atoms with Crippen molar-refractivity contribution in [2.75, 3.05) is 53.1 Å². The maximum atomic E-state index is 14.7. The molecule has 8 bridgehead atoms. The Labute approximate surface area is 458 Å². The fourth-order valence-corrected chi connectivity index (χ4v) is 11.0. The SMILES string of the molecule is C=Cc1c(C)c2cc3nc(c(CC(=O)OC)c4nc(cc5[nH]c(cc1[nH]2)c(C)c5CC)C(C)=C4C(=O)NCCN1CCOCC1)C(CCC(=O)OC/C=C(\C)CCCC(C)CCCC(C)CCCC(C)C)C3C.[Mg+2]. The summed E-state index contributed by atoms with van der Waals surface area (Å²) in [6.45, 7) is 30.4. The summed E-state index contributed by atoms with van der Waals surface area (Å²) in [6, 6.07) is 6.22. The van der Waals surface area contributed by atoms with Crippen molar-refractivity contribution in [1.29, 1.82) is 0 Å². The van der Waals surface area contributed by atoms with E-state index in [4.69, 9.17) is 24.2 Å². The molecule has 0 radical (unpaired) electrons. The van der Waals surface area contributed by atoms with Crippen LogP contribution >= 0.6 is 0 Å². The van der Waals surface area contributed by atoms with E-state index in [-0.39, 0.29) is 66.2 Å². The second-order valence-corrected chi connectivity index (χ2v) is 21.8. The molecule has 3 aromatic rings. The minimum Gasteiger partial charge on any atom is -0.469 e. The van der Waals surface area contributed by atoms with Crippen LogP contribution in [0.15, 0.2) is 36.4 Å². The normalized spacial score (nSPS) is 17.0. The average Bonchev–Trinajstić information content (AvgIpc) is 4.05. The maximum absolute atomic E-state index is 14.7. The molecule has 3 aromatic heterocycles. The fourth-order valence-electron chi connectivity index (χ4n) is 11.0. The molecular formula is C61H88MgN6O6+2. The summed E-state index contributed by atoms with van der Waals surface area (Å²) >= 11 is 0. The number of fused-ring (bicyclic) bond motifs is 8. The Morgan fingerprint density at radius 1 is 0.865 bits per heavy atom. The zero-order valence-corrected chi connectivity index (χ0v) is 48.5. The zero-order valence-electron chi connectivity index (χ0n) is 47.1. The molecule has 1 saturated heterocycles. The minimum atomic E-state index is -0.483. The van der Waals surface area contributed by atoms with E-state index in [1.54, 1.807) is 0 Å². The molecule has 3 aliphatic heterocycles. The van der Waals surface area contributed by atoms with Gasteiger partial charge in [0.05, 0.1) is 49.4 Å². The molecule has 0 spiro atoms. The number of hydrogen-bond donors (Lipinski definition) is 3. The number of nitrogens with one attached hydrogen (secondary N) is 3. The van der Waals surface area contributed by atoms with Crippen LogP contribution in [-0.2, 0) is 41.4 Å². The molecule has 0 saturated carbocycles. The fraction of sp³-hybridized carbons (Fsp3) is 0.590. The zero-order chi connectivity index (χ0) is 52.8. The standard InChI is InChI=1S/C61H88N6O6.Mg/c1-13-46-42(8)50-35-52-44(10)48(24-25-56(68)73-31-26-41(7)23-17-22-40(6)21-16-20-39(5)19-15-18-38(3)4)59(65-52)49(34-57(69)71-12)60-58(61(70)62-27-28-67-29-32-72-33-30-67)45(11)53(66-60)37-55-47(14-2)43(9)51(64-55)36-54(46)63-50;/h13,26,35-40,44,48,63-64H,1,14-25,27-34H2,2-12H3,(H,62,70);/q;+2/b41-26+,50-35?,51-36?,52-35?,53-37?,54-36?,55-37?,59-49?,60-49?;. The summed E-state index contributed by atoms with van der Waals surface area (Å²) < 4.78 is 16.8. The largest absolute Gasteiger partial charge is 2.00 e. The van der Waals surface area contributed by atoms with Crippen LogP contribution in [0.25, 0.3) is 39.3 Å². The number of rotatable bonds is 25. The van der Waals surface area contributed by atoms with E-state index in [0.717, 1.165) is 94.2 Å². The summed E-state index contributed by atoms with van der Waals surface area (Å²) in [7, 11) is 1.37. The van der Waals surface area contributed by atoms with Gasteiger partial charge in [0.1, 0.15) is 6.61 Å². The molecular weight excluding hydrogens is 937 g/mol. The van der Waals surface area contributed by atoms with E-state index >= 15 is 0 Å². The molecule has 3 N–H and O–H groups in total. The van der Waals surface area contributed by atoms with Crippen LogP contribution in [0.5, 0.6) is 0 Å². The number of nitrogens with zero attached hydrogens (tertiary/aromatic N) is 3. The van der Waals surface area contributed by atoms with Crippen LogP contribution in [0, 0.1) is 31.6 Å². The third kappa shape index (κ3) is 16.0. The molecule has 6 rings (SSSR count). The van der Waals surface area contributed by atoms with E-state index in [1.165, 1.54) is 57.6 Å². The van der Waals surface area contributed by atoms with Crippen molar-refractivity contribution >= 4 is 80.2 Å². The van der Waals surface area contributed by atoms with E-state index in [9.17, 15) is 14.4 Å². The smallest absolute Gasteiger partial charge is 0.469 e. The summed E-state index contributed by atoms with van der Waals surface area (Å²) in [5.41, 5.74) is 13.2. The topological polar surface area (TPSA) is 152 Å². The first-order valence-corrected chi connectivity index (χ1v) is 27.6. The molecule has 0 aliphatic carbocycles. The average molecular weight is 1030 g/mol. The van der Waals surface area contributed by atoms with Gasteiger partial charge in [-0.1, -0.05) is 105 Å². The number of aryl methyl sites for hydroxylation is 3. The molecule has 4 unspecified atom stereocenters. The maximum Gasteiger partial charge on any atom is 2.00 e. The monoisotopic (exact) mass is 1020 g/mol. The van der Waals surface area contributed by atoms with E-state index in [2.05, 4.69) is 101 Å². The predicted molar refractivity (Wildman–Crippen MR) is 304 cm³/mol. The van der Waals surface area contributed by atoms with Gasteiger partial charge in [0.15, 0.2) is 0 Å². The number of hydrogen-bond acceptors (Lipinski definition) is 9. The Bertz CT molecular complexity index is 2650. The summed E-state index contributed by atoms with van der Waals surface area (Å²) in [5.74, 6) is 0.761. The molecule has 0 aromatic carbocycles. The molecule has 4 atom stereocenters. The summed E-state index contributed by atoms with van der Waals surface area (Å²) in [4.78, 5) is 62.2. The van der Waals surface area contributed by atoms with Gasteiger partial charge in [-0.15, -0.1) is 0 Å². The number of carbonyl (C=O) groups is 3. The van der Waals surface area contributed by atoms with Gasteiger partial charge in [-0.25, -0.2) is 4.98 Å². The molecule has 1 amide bonds. The van der Waals surface area contributed by atoms with Gasteiger partial charge in [0.2, 0.25) is 0 Å². The number of amides is 1. The number of aromatic nitrogens is 4. The third-order valence-corrected chi connectivity index (χ3v) is 15.8. The molecule has 3 aliphatic rings. The molecule has 1 fully saturated rings. The summed E-state index contributed by atoms with van der Waals surface area (Å²) in [6.07, 6.45) is 16.3. The van der Waals surface area contributed by atoms with Gasteiger partial charge in [-0.3, -0.25) is 24.3 Å². The van der Waals surface area contributed by atoms with Crippen LogP contribution in [-0.4, -0.2) is 119 Å². The van der Waals surface area contributed by atoms with Gasteiger partial charge < -0.3 is 29.5 Å². The Morgan fingerprint density at radius 3 is 2.19 bits per heavy atom. The minimum absolute atomic E-state index is 0. The van der Waals surface area contributed by atoms with Gasteiger partial charge in [-0.05, 0) is 118 Å². The van der Waals surface area contributed by atoms with E-state index in [1.807, 2.05) is 25.1 Å². The first-order valence-electron chi connectivity index (χ1n) is 27.6. The van der Waals surface area contributed by atoms with Crippen LogP contribution in [0.3, 0.4) is 0 Å². The van der Waals surface area contributed by atoms with Crippen molar-refractivity contribution in [2.24, 2.45) is 17.8 Å². The van der Waals surface area contributed by atoms with Gasteiger partial charge in [0.25, 0.3) is 5.91 Å². The third-order valence-electron chi connectivity index (χ3n) is 15.8. The quantitative estimate of drug-likeness (QED) is 0.0428. The van der Waals surface area contributed by atoms with Gasteiger partial charge >= 0.3 is 35.0 Å². The Kier molecular flexibility index (Phi) is 23.7. The van der Waals surface area contributed by atoms with Crippen LogP contribution < -0.4 is 5.32 Å². The van der Waals surface area contributed by atoms with Crippen LogP contribution in [0.4, 0.5) is 0 Å². The molecule has 6 heterocycles. The number of carbonyl (C=O) groups excluding carboxylic acids is 3. The molecule has 12 nitrogen and oxygen atoms in total. The number of allylic oxidation sites excluding steroid dienone is 2. The first kappa shape index (κ1) is 60.3. The van der Waals surface area contributed by atoms with Crippen LogP contribution in [0.1, 0.15) is 188 Å². The van der Waals surface area contributed by atoms with Gasteiger partial charge in [-0.2, -0.15) is 0 Å². The first-order chi connectivity index (χ1) is 35.0. The summed E-state index contributed by atoms with van der Waals surface area (Å²) in [5, 5.41) is 3.19. The van der Waals surface area contributed by atoms with Crippen molar-refractivity contribution in [3.8, 4) is 0 Å². The Morgan fingerprint density at radius 2 is 1.53 bits per heavy atom. The number of H-pyrrole nitrogens is 2. The van der Waals surface area contributed by atoms with Crippen molar-refractivity contribution in [1.82, 2.24) is 30.2 Å². The van der Waals surface area contributed by atoms with Gasteiger partial charge in [0, 0.05) is 83.3 Å². The van der Waals surface area contributed by atoms with Crippen LogP contribution in [0.2, 0.25) is 0 Å². The Hall–Kier alpha value is -4.56. The number of esters is 2. The molecule has 398 valence electrons. The second kappa shape index (κ2) is 29.1. The molecule has 74 heavy (non-hydrogen) atoms. The molecule has 13 heteroatoms.